The van der Waals surface area contributed by atoms with E-state index in [1.807, 2.05) is 13.8 Å². The van der Waals surface area contributed by atoms with E-state index in [1.54, 1.807) is 0 Å². The Hall–Kier alpha value is -0.300. The molecule has 1 fully saturated rings. The summed E-state index contributed by atoms with van der Waals surface area (Å²) in [5, 5.41) is 9.93. The molecule has 0 radical (unpaired) electrons. The van der Waals surface area contributed by atoms with Gasteiger partial charge in [0.2, 0.25) is 0 Å². The second-order valence-corrected chi connectivity index (χ2v) is 4.88. The SMILES string of the molecule is CC(C)(O)[C@@H]1C[C@@H]2C=C[C@H]1CC2. The monoisotopic (exact) mass is 166 g/mol. The van der Waals surface area contributed by atoms with Gasteiger partial charge in [0, 0.05) is 0 Å². The molecular weight excluding hydrogens is 148 g/mol. The Labute approximate surface area is 74.5 Å². The third kappa shape index (κ3) is 1.31. The van der Waals surface area contributed by atoms with Gasteiger partial charge >= 0.3 is 0 Å². The summed E-state index contributed by atoms with van der Waals surface area (Å²) in [6.07, 6.45) is 8.49. The van der Waals surface area contributed by atoms with E-state index in [0.717, 1.165) is 5.92 Å². The minimum absolute atomic E-state index is 0.478. The molecule has 0 saturated heterocycles. The molecule has 0 unspecified atom stereocenters. The molecule has 1 saturated carbocycles. The molecule has 0 heterocycles. The molecule has 3 aliphatic carbocycles. The molecule has 0 aromatic heterocycles. The number of fused-ring (bicyclic) bond motifs is 2. The zero-order valence-corrected chi connectivity index (χ0v) is 7.96. The lowest BCUT2D eigenvalue weighted by atomic mass is 9.64. The zero-order valence-electron chi connectivity index (χ0n) is 7.96. The summed E-state index contributed by atoms with van der Waals surface area (Å²) in [4.78, 5) is 0. The van der Waals surface area contributed by atoms with Crippen LogP contribution in [0.5, 0.6) is 0 Å². The lowest BCUT2D eigenvalue weighted by Crippen LogP contribution is -2.41. The molecule has 3 atom stereocenters. The van der Waals surface area contributed by atoms with Crippen molar-refractivity contribution in [3.63, 3.8) is 0 Å². The minimum Gasteiger partial charge on any atom is -0.390 e. The maximum atomic E-state index is 9.93. The van der Waals surface area contributed by atoms with Crippen LogP contribution in [0.4, 0.5) is 0 Å². The van der Waals surface area contributed by atoms with Gasteiger partial charge in [0.25, 0.3) is 0 Å². The fourth-order valence-electron chi connectivity index (χ4n) is 2.74. The van der Waals surface area contributed by atoms with Gasteiger partial charge in [-0.15, -0.1) is 0 Å². The van der Waals surface area contributed by atoms with Crippen LogP contribution < -0.4 is 0 Å². The van der Waals surface area contributed by atoms with Crippen LogP contribution in [0.2, 0.25) is 0 Å². The summed E-state index contributed by atoms with van der Waals surface area (Å²) in [5.74, 6) is 1.91. The van der Waals surface area contributed by atoms with Crippen molar-refractivity contribution in [2.24, 2.45) is 17.8 Å². The van der Waals surface area contributed by atoms with Crippen LogP contribution in [0, 0.1) is 17.8 Å². The van der Waals surface area contributed by atoms with E-state index in [-0.39, 0.29) is 0 Å². The number of hydrogen-bond acceptors (Lipinski definition) is 1. The van der Waals surface area contributed by atoms with Crippen molar-refractivity contribution in [1.29, 1.82) is 0 Å². The first kappa shape index (κ1) is 8.31. The molecule has 0 aromatic rings. The van der Waals surface area contributed by atoms with E-state index in [0.29, 0.717) is 11.8 Å². The Kier molecular flexibility index (Phi) is 1.80. The summed E-state index contributed by atoms with van der Waals surface area (Å²) in [7, 11) is 0. The quantitative estimate of drug-likeness (QED) is 0.593. The lowest BCUT2D eigenvalue weighted by molar-refractivity contribution is -0.0281. The number of allylic oxidation sites excluding steroid dienone is 2. The van der Waals surface area contributed by atoms with Gasteiger partial charge in [0.1, 0.15) is 0 Å². The smallest absolute Gasteiger partial charge is 0.0625 e. The molecule has 0 aromatic carbocycles. The second-order valence-electron chi connectivity index (χ2n) is 4.88. The van der Waals surface area contributed by atoms with Gasteiger partial charge in [-0.05, 0) is 50.9 Å². The van der Waals surface area contributed by atoms with Crippen LogP contribution in [-0.4, -0.2) is 10.7 Å². The summed E-state index contributed by atoms with van der Waals surface area (Å²) < 4.78 is 0. The van der Waals surface area contributed by atoms with Crippen molar-refractivity contribution in [2.75, 3.05) is 0 Å². The third-order valence-corrected chi connectivity index (χ3v) is 3.48. The minimum atomic E-state index is -0.478. The molecule has 1 N–H and O–H groups in total. The van der Waals surface area contributed by atoms with Crippen LogP contribution >= 0.6 is 0 Å². The van der Waals surface area contributed by atoms with Gasteiger partial charge in [0.05, 0.1) is 5.60 Å². The van der Waals surface area contributed by atoms with E-state index in [2.05, 4.69) is 12.2 Å². The van der Waals surface area contributed by atoms with Crippen LogP contribution in [-0.2, 0) is 0 Å². The van der Waals surface area contributed by atoms with E-state index in [9.17, 15) is 5.11 Å². The average Bonchev–Trinajstić information content (AvgIpc) is 2.05. The first-order valence-electron chi connectivity index (χ1n) is 4.98. The van der Waals surface area contributed by atoms with Crippen molar-refractivity contribution >= 4 is 0 Å². The van der Waals surface area contributed by atoms with Gasteiger partial charge in [-0.3, -0.25) is 0 Å². The molecule has 3 aliphatic rings. The summed E-state index contributed by atoms with van der Waals surface area (Å²) >= 11 is 0. The molecule has 0 aliphatic heterocycles. The van der Waals surface area contributed by atoms with Crippen molar-refractivity contribution in [3.05, 3.63) is 12.2 Å². The average molecular weight is 166 g/mol. The molecule has 1 nitrogen and oxygen atoms in total. The van der Waals surface area contributed by atoms with E-state index < -0.39 is 5.60 Å². The first-order valence-corrected chi connectivity index (χ1v) is 4.98. The van der Waals surface area contributed by atoms with Crippen molar-refractivity contribution in [3.8, 4) is 0 Å². The molecule has 68 valence electrons. The number of rotatable bonds is 1. The normalized spacial score (nSPS) is 40.4. The Morgan fingerprint density at radius 2 is 2.00 bits per heavy atom. The topological polar surface area (TPSA) is 20.2 Å². The molecule has 12 heavy (non-hydrogen) atoms. The van der Waals surface area contributed by atoms with Crippen molar-refractivity contribution < 1.29 is 5.11 Å². The summed E-state index contributed by atoms with van der Waals surface area (Å²) in [6, 6.07) is 0. The van der Waals surface area contributed by atoms with Gasteiger partial charge in [-0.1, -0.05) is 12.2 Å². The van der Waals surface area contributed by atoms with Gasteiger partial charge < -0.3 is 5.11 Å². The Morgan fingerprint density at radius 1 is 1.25 bits per heavy atom. The van der Waals surface area contributed by atoms with E-state index >= 15 is 0 Å². The summed E-state index contributed by atoms with van der Waals surface area (Å²) in [5.41, 5.74) is -0.478. The number of aliphatic hydroxyl groups is 1. The largest absolute Gasteiger partial charge is 0.390 e. The molecule has 1 heteroatoms. The molecule has 2 bridgehead atoms. The lowest BCUT2D eigenvalue weighted by Gasteiger charge is -2.43. The van der Waals surface area contributed by atoms with Gasteiger partial charge in [0.15, 0.2) is 0 Å². The standard InChI is InChI=1S/C11H18O/c1-11(2,12)10-7-8-3-5-9(10)6-4-8/h3,5,8-10,12H,4,6-7H2,1-2H3/t8-,9+,10-/m1/s1. The highest BCUT2D eigenvalue weighted by Crippen LogP contribution is 2.44. The predicted molar refractivity (Wildman–Crippen MR) is 49.8 cm³/mol. The maximum absolute atomic E-state index is 9.93. The highest BCUT2D eigenvalue weighted by Gasteiger charge is 2.39. The number of hydrogen-bond donors (Lipinski definition) is 1. The second kappa shape index (κ2) is 2.59. The highest BCUT2D eigenvalue weighted by atomic mass is 16.3. The zero-order chi connectivity index (χ0) is 8.77. The third-order valence-electron chi connectivity index (χ3n) is 3.48. The first-order chi connectivity index (χ1) is 5.57. The molecule has 0 spiro atoms. The van der Waals surface area contributed by atoms with Gasteiger partial charge in [-0.25, -0.2) is 0 Å². The Balaban J connectivity index is 2.16. The predicted octanol–water partition coefficient (Wildman–Crippen LogP) is 2.36. The van der Waals surface area contributed by atoms with Crippen molar-refractivity contribution in [2.45, 2.75) is 38.7 Å². The van der Waals surface area contributed by atoms with Crippen LogP contribution in [0.1, 0.15) is 33.1 Å². The fourth-order valence-corrected chi connectivity index (χ4v) is 2.74. The molecule has 3 rings (SSSR count). The van der Waals surface area contributed by atoms with Crippen molar-refractivity contribution in [1.82, 2.24) is 0 Å². The maximum Gasteiger partial charge on any atom is 0.0625 e. The molecular formula is C11H18O. The van der Waals surface area contributed by atoms with E-state index in [4.69, 9.17) is 0 Å². The van der Waals surface area contributed by atoms with E-state index in [1.165, 1.54) is 19.3 Å². The fraction of sp³-hybridized carbons (Fsp3) is 0.818. The van der Waals surface area contributed by atoms with Crippen LogP contribution in [0.3, 0.4) is 0 Å². The molecule has 0 amide bonds. The highest BCUT2D eigenvalue weighted by molar-refractivity contribution is 5.08. The van der Waals surface area contributed by atoms with Gasteiger partial charge in [-0.2, -0.15) is 0 Å². The van der Waals surface area contributed by atoms with Crippen LogP contribution in [0.25, 0.3) is 0 Å². The summed E-state index contributed by atoms with van der Waals surface area (Å²) in [6.45, 7) is 3.90. The Morgan fingerprint density at radius 3 is 2.25 bits per heavy atom. The Bertz CT molecular complexity index is 200. The van der Waals surface area contributed by atoms with Crippen LogP contribution in [0.15, 0.2) is 12.2 Å².